The molecule has 1 aliphatic rings. The molecule has 0 atom stereocenters. The first-order valence-corrected chi connectivity index (χ1v) is 9.93. The van der Waals surface area contributed by atoms with Gasteiger partial charge in [0.15, 0.2) is 22.8 Å². The van der Waals surface area contributed by atoms with Gasteiger partial charge in [0.1, 0.15) is 18.7 Å². The van der Waals surface area contributed by atoms with Gasteiger partial charge in [0.2, 0.25) is 0 Å². The van der Waals surface area contributed by atoms with E-state index < -0.39 is 11.5 Å². The second kappa shape index (κ2) is 7.37. The van der Waals surface area contributed by atoms with Gasteiger partial charge in [-0.3, -0.25) is 20.0 Å². The number of benzene rings is 1. The highest BCUT2D eigenvalue weighted by Crippen LogP contribution is 2.30. The van der Waals surface area contributed by atoms with Crippen LogP contribution in [0.2, 0.25) is 0 Å². The SMILES string of the molecule is O=C(Nn1ccc2c(nnc3nc(-c4ccncc4)nn32)c1=O)c1ccc2c(c1)OCCO2. The fourth-order valence-electron chi connectivity index (χ4n) is 3.48. The van der Waals surface area contributed by atoms with Crippen LogP contribution in [-0.2, 0) is 0 Å². The third kappa shape index (κ3) is 3.20. The number of hydrogen-bond donors (Lipinski definition) is 1. The van der Waals surface area contributed by atoms with E-state index in [2.05, 4.69) is 30.7 Å². The van der Waals surface area contributed by atoms with Crippen molar-refractivity contribution in [1.82, 2.24) is 34.5 Å². The van der Waals surface area contributed by atoms with Gasteiger partial charge < -0.3 is 9.47 Å². The Morgan fingerprint density at radius 3 is 2.67 bits per heavy atom. The molecular weight excluding hydrogens is 428 g/mol. The summed E-state index contributed by atoms with van der Waals surface area (Å²) in [6.45, 7) is 0.857. The summed E-state index contributed by atoms with van der Waals surface area (Å²) >= 11 is 0. The molecule has 1 amide bonds. The molecule has 12 heteroatoms. The Bertz CT molecular complexity index is 1600. The zero-order valence-electron chi connectivity index (χ0n) is 16.9. The first-order chi connectivity index (χ1) is 16.2. The second-order valence-electron chi connectivity index (χ2n) is 7.11. The van der Waals surface area contributed by atoms with E-state index in [9.17, 15) is 9.59 Å². The van der Waals surface area contributed by atoms with Gasteiger partial charge in [-0.25, -0.2) is 4.68 Å². The average molecular weight is 442 g/mol. The van der Waals surface area contributed by atoms with E-state index in [1.807, 2.05) is 0 Å². The summed E-state index contributed by atoms with van der Waals surface area (Å²) < 4.78 is 13.5. The summed E-state index contributed by atoms with van der Waals surface area (Å²) in [6.07, 6.45) is 4.69. The molecule has 12 nitrogen and oxygen atoms in total. The van der Waals surface area contributed by atoms with E-state index in [0.717, 1.165) is 10.2 Å². The number of carbonyl (C=O) groups excluding carboxylic acids is 1. The lowest BCUT2D eigenvalue weighted by molar-refractivity contribution is 0.101. The van der Waals surface area contributed by atoms with Crippen LogP contribution in [0.25, 0.3) is 28.2 Å². The van der Waals surface area contributed by atoms with Gasteiger partial charge in [0, 0.05) is 29.7 Å². The van der Waals surface area contributed by atoms with Gasteiger partial charge in [-0.05, 0) is 36.4 Å². The number of nitrogens with one attached hydrogen (secondary N) is 1. The Morgan fingerprint density at radius 1 is 1.00 bits per heavy atom. The van der Waals surface area contributed by atoms with E-state index in [1.54, 1.807) is 48.8 Å². The summed E-state index contributed by atoms with van der Waals surface area (Å²) in [5, 5.41) is 12.5. The average Bonchev–Trinajstić information content (AvgIpc) is 3.31. The molecule has 5 heterocycles. The van der Waals surface area contributed by atoms with Crippen LogP contribution in [0.1, 0.15) is 10.4 Å². The molecule has 0 aliphatic carbocycles. The molecule has 1 N–H and O–H groups in total. The van der Waals surface area contributed by atoms with Crippen LogP contribution >= 0.6 is 0 Å². The number of rotatable bonds is 3. The second-order valence-corrected chi connectivity index (χ2v) is 7.11. The van der Waals surface area contributed by atoms with Crippen molar-refractivity contribution in [2.45, 2.75) is 0 Å². The molecule has 0 radical (unpaired) electrons. The fourth-order valence-corrected chi connectivity index (χ4v) is 3.48. The summed E-state index contributed by atoms with van der Waals surface area (Å²) in [7, 11) is 0. The minimum Gasteiger partial charge on any atom is -0.486 e. The van der Waals surface area contributed by atoms with Gasteiger partial charge in [0.25, 0.3) is 17.2 Å². The first-order valence-electron chi connectivity index (χ1n) is 9.93. The highest BCUT2D eigenvalue weighted by atomic mass is 16.6. The predicted molar refractivity (Wildman–Crippen MR) is 115 cm³/mol. The molecule has 0 fully saturated rings. The van der Waals surface area contributed by atoms with E-state index >= 15 is 0 Å². The van der Waals surface area contributed by atoms with Crippen molar-refractivity contribution in [3.63, 3.8) is 0 Å². The van der Waals surface area contributed by atoms with Crippen molar-refractivity contribution in [3.8, 4) is 22.9 Å². The molecule has 0 saturated heterocycles. The van der Waals surface area contributed by atoms with Gasteiger partial charge in [-0.1, -0.05) is 0 Å². The third-order valence-electron chi connectivity index (χ3n) is 5.07. The zero-order valence-corrected chi connectivity index (χ0v) is 16.9. The summed E-state index contributed by atoms with van der Waals surface area (Å²) in [6, 6.07) is 9.95. The molecule has 4 aromatic heterocycles. The molecule has 0 spiro atoms. The highest BCUT2D eigenvalue weighted by Gasteiger charge is 2.17. The lowest BCUT2D eigenvalue weighted by atomic mass is 10.2. The standard InChI is InChI=1S/C21H14N8O4/c30-19(13-1-2-15-16(11-13)33-10-9-32-15)27-28-8-5-14-17(20(28)31)24-25-21-23-18(26-29(14)21)12-3-6-22-7-4-12/h1-8,11H,9-10H2,(H,27,30). The van der Waals surface area contributed by atoms with Gasteiger partial charge in [-0.15, -0.1) is 15.3 Å². The maximum absolute atomic E-state index is 13.0. The van der Waals surface area contributed by atoms with E-state index in [4.69, 9.17) is 9.47 Å². The van der Waals surface area contributed by atoms with Gasteiger partial charge in [0.05, 0.1) is 0 Å². The Labute approximate surface area is 184 Å². The maximum Gasteiger partial charge on any atom is 0.299 e. The summed E-state index contributed by atoms with van der Waals surface area (Å²) in [5.41, 5.74) is 3.49. The maximum atomic E-state index is 13.0. The number of pyridine rings is 2. The van der Waals surface area contributed by atoms with E-state index in [-0.39, 0.29) is 11.3 Å². The molecule has 0 bridgehead atoms. The Hall–Kier alpha value is -4.87. The van der Waals surface area contributed by atoms with E-state index in [0.29, 0.717) is 41.6 Å². The van der Waals surface area contributed by atoms with Crippen molar-refractivity contribution >= 4 is 22.7 Å². The zero-order chi connectivity index (χ0) is 22.4. The Morgan fingerprint density at radius 2 is 1.82 bits per heavy atom. The third-order valence-corrected chi connectivity index (χ3v) is 5.07. The smallest absolute Gasteiger partial charge is 0.299 e. The molecule has 0 unspecified atom stereocenters. The van der Waals surface area contributed by atoms with Gasteiger partial charge in [-0.2, -0.15) is 9.50 Å². The van der Waals surface area contributed by atoms with Crippen LogP contribution in [0, 0.1) is 0 Å². The number of carbonyl (C=O) groups is 1. The molecule has 5 aromatic rings. The van der Waals surface area contributed by atoms with Crippen LogP contribution in [0.4, 0.5) is 0 Å². The first kappa shape index (κ1) is 18.9. The number of ether oxygens (including phenoxy) is 2. The Balaban J connectivity index is 1.36. The lowest BCUT2D eigenvalue weighted by Gasteiger charge is -2.18. The van der Waals surface area contributed by atoms with Crippen molar-refractivity contribution in [2.24, 2.45) is 0 Å². The van der Waals surface area contributed by atoms with Crippen LogP contribution in [0.5, 0.6) is 11.5 Å². The molecule has 162 valence electrons. The number of fused-ring (bicyclic) bond motifs is 4. The van der Waals surface area contributed by atoms with Crippen LogP contribution in [0.3, 0.4) is 0 Å². The highest BCUT2D eigenvalue weighted by molar-refractivity contribution is 6.00. The number of nitrogens with zero attached hydrogens (tertiary/aromatic N) is 7. The van der Waals surface area contributed by atoms with Crippen LogP contribution < -0.4 is 20.5 Å². The van der Waals surface area contributed by atoms with E-state index in [1.165, 1.54) is 10.7 Å². The van der Waals surface area contributed by atoms with Crippen molar-refractivity contribution in [1.29, 1.82) is 0 Å². The van der Waals surface area contributed by atoms with Crippen LogP contribution in [0.15, 0.2) is 59.8 Å². The summed E-state index contributed by atoms with van der Waals surface area (Å²) in [5.74, 6) is 1.22. The molecule has 1 aromatic carbocycles. The van der Waals surface area contributed by atoms with Crippen LogP contribution in [-0.4, -0.2) is 53.6 Å². The van der Waals surface area contributed by atoms with Crippen molar-refractivity contribution < 1.29 is 14.3 Å². The van der Waals surface area contributed by atoms with Gasteiger partial charge >= 0.3 is 0 Å². The topological polar surface area (TPSA) is 138 Å². The normalized spacial score (nSPS) is 12.7. The fraction of sp³-hybridized carbons (Fsp3) is 0.0952. The predicted octanol–water partition coefficient (Wildman–Crippen LogP) is 1.05. The van der Waals surface area contributed by atoms with Crippen molar-refractivity contribution in [2.75, 3.05) is 18.6 Å². The quantitative estimate of drug-likeness (QED) is 0.434. The minimum atomic E-state index is -0.561. The number of aromatic nitrogens is 7. The number of hydrogen-bond acceptors (Lipinski definition) is 9. The minimum absolute atomic E-state index is 0.0265. The lowest BCUT2D eigenvalue weighted by Crippen LogP contribution is -2.33. The molecule has 6 rings (SSSR count). The van der Waals surface area contributed by atoms with Crippen molar-refractivity contribution in [3.05, 3.63) is 70.9 Å². The molecule has 0 saturated carbocycles. The summed E-state index contributed by atoms with van der Waals surface area (Å²) in [4.78, 5) is 34.0. The molecule has 1 aliphatic heterocycles. The molecule has 33 heavy (non-hydrogen) atoms. The largest absolute Gasteiger partial charge is 0.486 e. The monoisotopic (exact) mass is 442 g/mol. The Kier molecular flexibility index (Phi) is 4.21. The number of amides is 1. The molecular formula is C21H14N8O4.